The van der Waals surface area contributed by atoms with Gasteiger partial charge in [-0.1, -0.05) is 13.0 Å². The number of phenols is 1. The number of allylic oxidation sites excluding steroid dienone is 3. The van der Waals surface area contributed by atoms with E-state index in [1.807, 2.05) is 6.92 Å². The van der Waals surface area contributed by atoms with E-state index in [0.29, 0.717) is 29.0 Å². The van der Waals surface area contributed by atoms with E-state index in [1.165, 1.54) is 20.3 Å². The maximum absolute atomic E-state index is 13.6. The zero-order chi connectivity index (χ0) is 23.7. The van der Waals surface area contributed by atoms with Crippen LogP contribution in [0.1, 0.15) is 45.6 Å². The number of hydrogen-bond acceptors (Lipinski definition) is 8. The standard InChI is InChI=1S/C24H29NO7/c1-11(2)32-24(29)19-13(4)25-15-9-12(3)18(23(28)31-6)22(27)21(15)20(19)14-7-8-16(26)17(10-14)30-5/h7-8,10-12,18,20,25-26H,9H2,1-6H3/t12-,18-,20+/m1/s1. The molecule has 3 rings (SSSR count). The predicted molar refractivity (Wildman–Crippen MR) is 116 cm³/mol. The van der Waals surface area contributed by atoms with Gasteiger partial charge in [-0.05, 0) is 50.8 Å². The van der Waals surface area contributed by atoms with E-state index >= 15 is 0 Å². The Balaban J connectivity index is 2.22. The molecule has 172 valence electrons. The van der Waals surface area contributed by atoms with Crippen LogP contribution in [0.25, 0.3) is 0 Å². The van der Waals surface area contributed by atoms with Crippen LogP contribution in [-0.2, 0) is 23.9 Å². The Morgan fingerprint density at radius 1 is 1.22 bits per heavy atom. The van der Waals surface area contributed by atoms with Crippen molar-refractivity contribution < 1.29 is 33.7 Å². The van der Waals surface area contributed by atoms with Gasteiger partial charge in [0.2, 0.25) is 0 Å². The largest absolute Gasteiger partial charge is 0.504 e. The molecule has 3 atom stereocenters. The number of hydrogen-bond donors (Lipinski definition) is 2. The molecular formula is C24H29NO7. The highest BCUT2D eigenvalue weighted by molar-refractivity contribution is 6.12. The monoisotopic (exact) mass is 443 g/mol. The molecule has 0 spiro atoms. The number of ketones is 1. The molecule has 1 aromatic rings. The fourth-order valence-electron chi connectivity index (χ4n) is 4.44. The predicted octanol–water partition coefficient (Wildman–Crippen LogP) is 2.97. The smallest absolute Gasteiger partial charge is 0.337 e. The summed E-state index contributed by atoms with van der Waals surface area (Å²) in [4.78, 5) is 39.2. The molecule has 0 bridgehead atoms. The van der Waals surface area contributed by atoms with Crippen molar-refractivity contribution in [1.29, 1.82) is 0 Å². The van der Waals surface area contributed by atoms with E-state index in [4.69, 9.17) is 14.2 Å². The molecule has 0 aromatic heterocycles. The number of dihydropyridines is 1. The average molecular weight is 443 g/mol. The number of Topliss-reactive ketones (excluding diaryl/α,β-unsaturated/α-hetero) is 1. The van der Waals surface area contributed by atoms with Crippen LogP contribution in [0.2, 0.25) is 0 Å². The Morgan fingerprint density at radius 2 is 1.91 bits per heavy atom. The van der Waals surface area contributed by atoms with Crippen LogP contribution in [0.5, 0.6) is 11.5 Å². The molecule has 0 unspecified atom stereocenters. The van der Waals surface area contributed by atoms with Gasteiger partial charge in [-0.25, -0.2) is 4.79 Å². The lowest BCUT2D eigenvalue weighted by Gasteiger charge is -2.38. The van der Waals surface area contributed by atoms with Gasteiger partial charge in [0.1, 0.15) is 5.92 Å². The first-order chi connectivity index (χ1) is 15.1. The molecule has 1 aromatic carbocycles. The molecule has 0 amide bonds. The van der Waals surface area contributed by atoms with Crippen molar-refractivity contribution in [2.24, 2.45) is 11.8 Å². The quantitative estimate of drug-likeness (QED) is 0.528. The molecule has 1 heterocycles. The van der Waals surface area contributed by atoms with Crippen LogP contribution >= 0.6 is 0 Å². The van der Waals surface area contributed by atoms with E-state index in [1.54, 1.807) is 32.9 Å². The number of phenolic OH excluding ortho intramolecular Hbond substituents is 1. The zero-order valence-corrected chi connectivity index (χ0v) is 19.1. The summed E-state index contributed by atoms with van der Waals surface area (Å²) < 4.78 is 15.6. The van der Waals surface area contributed by atoms with Gasteiger partial charge in [0, 0.05) is 22.9 Å². The molecule has 0 saturated carbocycles. The van der Waals surface area contributed by atoms with Crippen LogP contribution in [0.15, 0.2) is 40.7 Å². The summed E-state index contributed by atoms with van der Waals surface area (Å²) >= 11 is 0. The van der Waals surface area contributed by atoms with Gasteiger partial charge in [-0.3, -0.25) is 9.59 Å². The first kappa shape index (κ1) is 23.4. The first-order valence-corrected chi connectivity index (χ1v) is 10.5. The van der Waals surface area contributed by atoms with Crippen LogP contribution < -0.4 is 10.1 Å². The zero-order valence-electron chi connectivity index (χ0n) is 19.1. The van der Waals surface area contributed by atoms with Gasteiger partial charge in [-0.2, -0.15) is 0 Å². The van der Waals surface area contributed by atoms with Gasteiger partial charge in [-0.15, -0.1) is 0 Å². The lowest BCUT2D eigenvalue weighted by molar-refractivity contribution is -0.151. The number of carbonyl (C=O) groups excluding carboxylic acids is 3. The summed E-state index contributed by atoms with van der Waals surface area (Å²) in [6.45, 7) is 7.07. The van der Waals surface area contributed by atoms with Gasteiger partial charge in [0.15, 0.2) is 17.3 Å². The number of methoxy groups -OCH3 is 2. The van der Waals surface area contributed by atoms with Crippen LogP contribution in [-0.4, -0.2) is 43.2 Å². The molecule has 0 radical (unpaired) electrons. The molecule has 2 aliphatic rings. The second-order valence-corrected chi connectivity index (χ2v) is 8.42. The summed E-state index contributed by atoms with van der Waals surface area (Å²) in [6.07, 6.45) is 0.0780. The molecule has 1 aliphatic carbocycles. The molecular weight excluding hydrogens is 414 g/mol. The first-order valence-electron chi connectivity index (χ1n) is 10.5. The van der Waals surface area contributed by atoms with Crippen LogP contribution in [0, 0.1) is 11.8 Å². The fraction of sp³-hybridized carbons (Fsp3) is 0.458. The summed E-state index contributed by atoms with van der Waals surface area (Å²) in [5.74, 6) is -3.45. The van der Waals surface area contributed by atoms with Crippen molar-refractivity contribution in [2.45, 2.75) is 46.1 Å². The third-order valence-electron chi connectivity index (χ3n) is 5.84. The molecule has 0 fully saturated rings. The third kappa shape index (κ3) is 4.09. The molecule has 2 N–H and O–H groups in total. The fourth-order valence-corrected chi connectivity index (χ4v) is 4.44. The van der Waals surface area contributed by atoms with Crippen molar-refractivity contribution >= 4 is 17.7 Å². The number of ether oxygens (including phenoxy) is 3. The van der Waals surface area contributed by atoms with Crippen LogP contribution in [0.4, 0.5) is 0 Å². The van der Waals surface area contributed by atoms with Gasteiger partial charge in [0.05, 0.1) is 25.9 Å². The van der Waals surface area contributed by atoms with Crippen molar-refractivity contribution in [3.8, 4) is 11.5 Å². The van der Waals surface area contributed by atoms with E-state index in [9.17, 15) is 19.5 Å². The van der Waals surface area contributed by atoms with Gasteiger partial charge < -0.3 is 24.6 Å². The minimum atomic E-state index is -0.970. The lowest BCUT2D eigenvalue weighted by Crippen LogP contribution is -2.43. The van der Waals surface area contributed by atoms with Crippen LogP contribution in [0.3, 0.4) is 0 Å². The summed E-state index contributed by atoms with van der Waals surface area (Å²) in [5, 5.41) is 13.3. The van der Waals surface area contributed by atoms with Crippen molar-refractivity contribution in [1.82, 2.24) is 5.32 Å². The topological polar surface area (TPSA) is 111 Å². The summed E-state index contributed by atoms with van der Waals surface area (Å²) in [5.41, 5.74) is 2.40. The Labute approximate surface area is 187 Å². The molecule has 32 heavy (non-hydrogen) atoms. The Bertz CT molecular complexity index is 1020. The van der Waals surface area contributed by atoms with E-state index < -0.39 is 29.6 Å². The van der Waals surface area contributed by atoms with Gasteiger partial charge in [0.25, 0.3) is 0 Å². The van der Waals surface area contributed by atoms with Crippen molar-refractivity contribution in [2.75, 3.05) is 14.2 Å². The Kier molecular flexibility index (Phi) is 6.62. The maximum atomic E-state index is 13.6. The number of rotatable bonds is 5. The van der Waals surface area contributed by atoms with E-state index in [2.05, 4.69) is 5.32 Å². The third-order valence-corrected chi connectivity index (χ3v) is 5.84. The molecule has 0 saturated heterocycles. The minimum absolute atomic E-state index is 0.0672. The normalized spacial score (nSPS) is 23.0. The Morgan fingerprint density at radius 3 is 2.50 bits per heavy atom. The highest BCUT2D eigenvalue weighted by atomic mass is 16.5. The second-order valence-electron chi connectivity index (χ2n) is 8.42. The summed E-state index contributed by atoms with van der Waals surface area (Å²) in [7, 11) is 2.67. The minimum Gasteiger partial charge on any atom is -0.504 e. The Hall–Kier alpha value is -3.29. The number of esters is 2. The SMILES string of the molecule is COC(=O)[C@H]1C(=O)C2=C(C[C@H]1C)NC(C)=C(C(=O)OC(C)C)[C@@H]2c1ccc(O)c(OC)c1. The lowest BCUT2D eigenvalue weighted by atomic mass is 9.69. The number of nitrogens with one attached hydrogen (secondary N) is 1. The summed E-state index contributed by atoms with van der Waals surface area (Å²) in [6, 6.07) is 4.67. The second kappa shape index (κ2) is 9.06. The van der Waals surface area contributed by atoms with Crippen molar-refractivity contribution in [3.63, 3.8) is 0 Å². The van der Waals surface area contributed by atoms with Gasteiger partial charge >= 0.3 is 11.9 Å². The van der Waals surface area contributed by atoms with E-state index in [-0.39, 0.29) is 29.1 Å². The number of aromatic hydroxyl groups is 1. The highest BCUT2D eigenvalue weighted by Crippen LogP contribution is 2.46. The van der Waals surface area contributed by atoms with Crippen molar-refractivity contribution in [3.05, 3.63) is 46.3 Å². The average Bonchev–Trinajstić information content (AvgIpc) is 2.72. The van der Waals surface area contributed by atoms with E-state index in [0.717, 1.165) is 0 Å². The molecule has 8 nitrogen and oxygen atoms in total. The maximum Gasteiger partial charge on any atom is 0.337 e. The number of benzene rings is 1. The highest BCUT2D eigenvalue weighted by Gasteiger charge is 2.47. The molecule has 1 aliphatic heterocycles. The molecule has 8 heteroatoms. The number of carbonyl (C=O) groups is 3.